The van der Waals surface area contributed by atoms with Gasteiger partial charge in [0.15, 0.2) is 0 Å². The molecule has 1 aromatic carbocycles. The minimum absolute atomic E-state index is 0.0694. The molecule has 0 aliphatic carbocycles. The number of aromatic carboxylic acids is 1. The highest BCUT2D eigenvalue weighted by molar-refractivity contribution is 5.87. The van der Waals surface area contributed by atoms with Crippen molar-refractivity contribution in [2.45, 2.75) is 26.2 Å². The lowest BCUT2D eigenvalue weighted by Crippen LogP contribution is -2.32. The van der Waals surface area contributed by atoms with Crippen LogP contribution in [0.25, 0.3) is 0 Å². The zero-order valence-electron chi connectivity index (χ0n) is 14.2. The van der Waals surface area contributed by atoms with Gasteiger partial charge in [0.05, 0.1) is 25.4 Å². The first kappa shape index (κ1) is 21.5. The highest BCUT2D eigenvalue weighted by Gasteiger charge is 2.13. The third-order valence-corrected chi connectivity index (χ3v) is 3.25. The van der Waals surface area contributed by atoms with Crippen molar-refractivity contribution in [1.29, 1.82) is 0 Å². The maximum Gasteiger partial charge on any atom is 0.335 e. The average molecular weight is 327 g/mol. The van der Waals surface area contributed by atoms with Crippen LogP contribution in [0.4, 0.5) is 0 Å². The van der Waals surface area contributed by atoms with Crippen LogP contribution in [-0.2, 0) is 5.41 Å². The number of aliphatic hydroxyl groups excluding tert-OH is 3. The van der Waals surface area contributed by atoms with Gasteiger partial charge in [-0.3, -0.25) is 4.90 Å². The summed E-state index contributed by atoms with van der Waals surface area (Å²) in [5.41, 5.74) is 1.57. The molecule has 6 heteroatoms. The lowest BCUT2D eigenvalue weighted by Gasteiger charge is -2.18. The van der Waals surface area contributed by atoms with Gasteiger partial charge in [-0.05, 0) is 23.1 Å². The molecule has 0 amide bonds. The number of carboxylic acid groups (broad SMARTS) is 1. The first-order valence-corrected chi connectivity index (χ1v) is 7.65. The number of hydrogen-bond acceptors (Lipinski definition) is 5. The highest BCUT2D eigenvalue weighted by atomic mass is 16.4. The molecule has 0 aromatic heterocycles. The maximum atomic E-state index is 10.6. The monoisotopic (exact) mass is 327 g/mol. The number of carbonyl (C=O) groups is 1. The summed E-state index contributed by atoms with van der Waals surface area (Å²) in [6.45, 7) is 8.05. The number of rotatable bonds is 7. The number of carboxylic acids is 1. The second-order valence-corrected chi connectivity index (χ2v) is 6.14. The zero-order valence-corrected chi connectivity index (χ0v) is 14.2. The molecule has 6 nitrogen and oxygen atoms in total. The average Bonchev–Trinajstić information content (AvgIpc) is 2.48. The van der Waals surface area contributed by atoms with E-state index in [2.05, 4.69) is 20.8 Å². The van der Waals surface area contributed by atoms with Crippen LogP contribution in [0.3, 0.4) is 0 Å². The van der Waals surface area contributed by atoms with E-state index in [1.54, 1.807) is 17.0 Å². The molecule has 1 rings (SSSR count). The van der Waals surface area contributed by atoms with E-state index in [4.69, 9.17) is 20.4 Å². The van der Waals surface area contributed by atoms with E-state index in [1.165, 1.54) is 0 Å². The summed E-state index contributed by atoms with van der Waals surface area (Å²) in [5, 5.41) is 34.1. The van der Waals surface area contributed by atoms with E-state index in [0.717, 1.165) is 5.56 Å². The van der Waals surface area contributed by atoms with Crippen molar-refractivity contribution >= 4 is 5.97 Å². The maximum absolute atomic E-state index is 10.6. The lowest BCUT2D eigenvalue weighted by atomic mass is 9.87. The summed E-state index contributed by atoms with van der Waals surface area (Å²) in [7, 11) is 0. The third kappa shape index (κ3) is 9.30. The Balaban J connectivity index is 0.000000438. The largest absolute Gasteiger partial charge is 0.478 e. The van der Waals surface area contributed by atoms with Crippen molar-refractivity contribution in [2.75, 3.05) is 39.5 Å². The Morgan fingerprint density at radius 3 is 1.57 bits per heavy atom. The molecule has 0 aliphatic heterocycles. The van der Waals surface area contributed by atoms with Crippen molar-refractivity contribution < 1.29 is 25.2 Å². The summed E-state index contributed by atoms with van der Waals surface area (Å²) in [4.78, 5) is 12.4. The molecule has 0 bridgehead atoms. The molecule has 132 valence electrons. The SMILES string of the molecule is CC(C)(C)c1ccc(C(=O)O)cc1.OCCN(CCO)CCO. The normalized spacial score (nSPS) is 11.1. The van der Waals surface area contributed by atoms with E-state index in [-0.39, 0.29) is 25.2 Å². The molecular formula is C17H29NO5. The van der Waals surface area contributed by atoms with Gasteiger partial charge in [-0.25, -0.2) is 4.79 Å². The second-order valence-electron chi connectivity index (χ2n) is 6.14. The van der Waals surface area contributed by atoms with Gasteiger partial charge >= 0.3 is 5.97 Å². The van der Waals surface area contributed by atoms with Crippen molar-refractivity contribution in [3.8, 4) is 0 Å². The molecule has 0 saturated heterocycles. The Morgan fingerprint density at radius 1 is 0.913 bits per heavy atom. The molecule has 0 heterocycles. The van der Waals surface area contributed by atoms with Crippen LogP contribution in [0.15, 0.2) is 24.3 Å². The topological polar surface area (TPSA) is 101 Å². The van der Waals surface area contributed by atoms with Crippen LogP contribution in [0, 0.1) is 0 Å². The number of nitrogens with zero attached hydrogens (tertiary/aromatic N) is 1. The molecule has 0 radical (unpaired) electrons. The van der Waals surface area contributed by atoms with E-state index in [9.17, 15) is 4.79 Å². The van der Waals surface area contributed by atoms with E-state index in [0.29, 0.717) is 25.2 Å². The summed E-state index contributed by atoms with van der Waals surface area (Å²) in [6, 6.07) is 7.01. The molecule has 23 heavy (non-hydrogen) atoms. The van der Waals surface area contributed by atoms with E-state index < -0.39 is 5.97 Å². The highest BCUT2D eigenvalue weighted by Crippen LogP contribution is 2.21. The molecule has 0 unspecified atom stereocenters. The summed E-state index contributed by atoms with van der Waals surface area (Å²) >= 11 is 0. The van der Waals surface area contributed by atoms with Crippen LogP contribution < -0.4 is 0 Å². The second kappa shape index (κ2) is 11.1. The van der Waals surface area contributed by atoms with Crippen LogP contribution in [0.1, 0.15) is 36.7 Å². The van der Waals surface area contributed by atoms with Crippen molar-refractivity contribution in [2.24, 2.45) is 0 Å². The molecule has 0 fully saturated rings. The first-order chi connectivity index (χ1) is 10.8. The fourth-order valence-corrected chi connectivity index (χ4v) is 1.87. The van der Waals surface area contributed by atoms with Crippen molar-refractivity contribution in [3.05, 3.63) is 35.4 Å². The standard InChI is InChI=1S/C11H14O2.C6H15NO3/c1-11(2,3)9-6-4-8(5-7-9)10(12)13;8-4-1-7(2-5-9)3-6-10/h4-7H,1-3H3,(H,12,13);8-10H,1-6H2. The Bertz CT molecular complexity index is 425. The fourth-order valence-electron chi connectivity index (χ4n) is 1.87. The van der Waals surface area contributed by atoms with Crippen LogP contribution in [0.2, 0.25) is 0 Å². The van der Waals surface area contributed by atoms with Gasteiger partial charge < -0.3 is 20.4 Å². The van der Waals surface area contributed by atoms with Gasteiger partial charge in [0, 0.05) is 19.6 Å². The summed E-state index contributed by atoms with van der Waals surface area (Å²) < 4.78 is 0. The Morgan fingerprint density at radius 2 is 1.30 bits per heavy atom. The molecule has 4 N–H and O–H groups in total. The van der Waals surface area contributed by atoms with Gasteiger partial charge in [0.1, 0.15) is 0 Å². The van der Waals surface area contributed by atoms with Crippen LogP contribution in [0.5, 0.6) is 0 Å². The zero-order chi connectivity index (χ0) is 17.9. The Hall–Kier alpha value is -1.47. The predicted molar refractivity (Wildman–Crippen MR) is 89.8 cm³/mol. The molecule has 0 atom stereocenters. The molecule has 0 aliphatic rings. The summed E-state index contributed by atoms with van der Waals surface area (Å²) in [5.74, 6) is -0.875. The van der Waals surface area contributed by atoms with Gasteiger partial charge in [0.2, 0.25) is 0 Å². The number of aliphatic hydroxyl groups is 3. The Kier molecular flexibility index (Phi) is 10.4. The Labute approximate surface area is 138 Å². The van der Waals surface area contributed by atoms with Gasteiger partial charge in [-0.15, -0.1) is 0 Å². The van der Waals surface area contributed by atoms with Gasteiger partial charge in [0.25, 0.3) is 0 Å². The molecule has 1 aromatic rings. The minimum Gasteiger partial charge on any atom is -0.478 e. The minimum atomic E-state index is -0.875. The molecular weight excluding hydrogens is 298 g/mol. The first-order valence-electron chi connectivity index (χ1n) is 7.65. The van der Waals surface area contributed by atoms with Crippen molar-refractivity contribution in [3.63, 3.8) is 0 Å². The predicted octanol–water partition coefficient (Wildman–Crippen LogP) is 0.948. The van der Waals surface area contributed by atoms with Gasteiger partial charge in [-0.2, -0.15) is 0 Å². The molecule has 0 saturated carbocycles. The summed E-state index contributed by atoms with van der Waals surface area (Å²) in [6.07, 6.45) is 0. The van der Waals surface area contributed by atoms with Crippen molar-refractivity contribution in [1.82, 2.24) is 4.90 Å². The van der Waals surface area contributed by atoms with E-state index >= 15 is 0 Å². The van der Waals surface area contributed by atoms with E-state index in [1.807, 2.05) is 12.1 Å². The van der Waals surface area contributed by atoms with Gasteiger partial charge in [-0.1, -0.05) is 32.9 Å². The van der Waals surface area contributed by atoms with Crippen LogP contribution in [-0.4, -0.2) is 70.8 Å². The smallest absolute Gasteiger partial charge is 0.335 e. The molecule has 0 spiro atoms. The fraction of sp³-hybridized carbons (Fsp3) is 0.588. The van der Waals surface area contributed by atoms with Crippen LogP contribution >= 0.6 is 0 Å². The number of benzene rings is 1. The lowest BCUT2D eigenvalue weighted by molar-refractivity contribution is 0.0696. The number of hydrogen-bond donors (Lipinski definition) is 4. The third-order valence-electron chi connectivity index (χ3n) is 3.25. The quantitative estimate of drug-likeness (QED) is 0.595.